The summed E-state index contributed by atoms with van der Waals surface area (Å²) in [6, 6.07) is 4.87. The van der Waals surface area contributed by atoms with Crippen LogP contribution >= 0.6 is 0 Å². The van der Waals surface area contributed by atoms with Crippen molar-refractivity contribution in [3.05, 3.63) is 47.9 Å². The SMILES string of the molecule is N#Cc1cc(N2CC[C@H](C(=O)N3N=CC[C@@H]3c3cncc(F)c3)CC23CC3)ncn1. The smallest absolute Gasteiger partial charge is 0.246 e. The monoisotopic (exact) mass is 405 g/mol. The number of aromatic nitrogens is 3. The summed E-state index contributed by atoms with van der Waals surface area (Å²) in [6.45, 7) is 0.683. The highest BCUT2D eigenvalue weighted by molar-refractivity contribution is 5.82. The summed E-state index contributed by atoms with van der Waals surface area (Å²) in [7, 11) is 0. The lowest BCUT2D eigenvalue weighted by atomic mass is 9.87. The third-order valence-corrected chi connectivity index (χ3v) is 6.29. The number of pyridine rings is 1. The molecule has 5 rings (SSSR count). The van der Waals surface area contributed by atoms with Crippen molar-refractivity contribution in [1.82, 2.24) is 20.0 Å². The molecule has 0 aromatic carbocycles. The Labute approximate surface area is 173 Å². The maximum Gasteiger partial charge on any atom is 0.246 e. The van der Waals surface area contributed by atoms with Crippen molar-refractivity contribution in [2.24, 2.45) is 11.0 Å². The Balaban J connectivity index is 1.34. The second-order valence-electron chi connectivity index (χ2n) is 8.11. The Hall–Kier alpha value is -3.41. The highest BCUT2D eigenvalue weighted by atomic mass is 19.1. The molecule has 2 fully saturated rings. The average molecular weight is 405 g/mol. The van der Waals surface area contributed by atoms with Gasteiger partial charge in [-0.3, -0.25) is 9.78 Å². The minimum atomic E-state index is -0.418. The fraction of sp³-hybridized carbons (Fsp3) is 0.429. The first-order valence-corrected chi connectivity index (χ1v) is 10.1. The maximum atomic E-state index is 13.6. The number of halogens is 1. The van der Waals surface area contributed by atoms with E-state index in [0.29, 0.717) is 30.6 Å². The van der Waals surface area contributed by atoms with Crippen molar-refractivity contribution >= 4 is 17.9 Å². The van der Waals surface area contributed by atoms with Crippen LogP contribution in [-0.4, -0.2) is 44.2 Å². The van der Waals surface area contributed by atoms with E-state index in [0.717, 1.165) is 31.3 Å². The van der Waals surface area contributed by atoms with Crippen molar-refractivity contribution in [2.45, 2.75) is 43.7 Å². The second-order valence-corrected chi connectivity index (χ2v) is 8.11. The zero-order chi connectivity index (χ0) is 20.7. The van der Waals surface area contributed by atoms with Crippen molar-refractivity contribution in [1.29, 1.82) is 5.26 Å². The number of carbonyl (C=O) groups is 1. The maximum absolute atomic E-state index is 13.6. The van der Waals surface area contributed by atoms with Gasteiger partial charge in [-0.15, -0.1) is 0 Å². The number of amides is 1. The van der Waals surface area contributed by atoms with Crippen LogP contribution in [0.5, 0.6) is 0 Å². The summed E-state index contributed by atoms with van der Waals surface area (Å²) in [6.07, 6.45) is 9.80. The molecule has 1 aliphatic carbocycles. The van der Waals surface area contributed by atoms with E-state index in [1.165, 1.54) is 17.4 Å². The molecular formula is C21H20FN7O. The molecule has 4 heterocycles. The van der Waals surface area contributed by atoms with Crippen molar-refractivity contribution in [3.8, 4) is 6.07 Å². The molecule has 2 atom stereocenters. The van der Waals surface area contributed by atoms with Crippen LogP contribution in [0.4, 0.5) is 10.2 Å². The topological polar surface area (TPSA) is 98.4 Å². The van der Waals surface area contributed by atoms with Crippen molar-refractivity contribution in [2.75, 3.05) is 11.4 Å². The Kier molecular flexibility index (Phi) is 4.42. The molecule has 30 heavy (non-hydrogen) atoms. The third-order valence-electron chi connectivity index (χ3n) is 6.29. The first-order valence-electron chi connectivity index (χ1n) is 10.1. The number of piperidine rings is 1. The van der Waals surface area contributed by atoms with Gasteiger partial charge in [-0.05, 0) is 37.3 Å². The van der Waals surface area contributed by atoms with Crippen LogP contribution in [0.2, 0.25) is 0 Å². The highest BCUT2D eigenvalue weighted by Gasteiger charge is 2.54. The zero-order valence-electron chi connectivity index (χ0n) is 16.3. The Bertz CT molecular complexity index is 1060. The summed E-state index contributed by atoms with van der Waals surface area (Å²) in [5.74, 6) is 0.149. The van der Waals surface area contributed by atoms with Gasteiger partial charge in [0.05, 0.1) is 12.2 Å². The lowest BCUT2D eigenvalue weighted by molar-refractivity contribution is -0.138. The van der Waals surface area contributed by atoms with E-state index in [9.17, 15) is 9.18 Å². The van der Waals surface area contributed by atoms with Gasteiger partial charge in [-0.25, -0.2) is 19.4 Å². The molecule has 0 bridgehead atoms. The predicted octanol–water partition coefficient (Wildman–Crippen LogP) is 2.59. The van der Waals surface area contributed by atoms with E-state index in [2.05, 4.69) is 31.0 Å². The number of anilines is 1. The van der Waals surface area contributed by atoms with Crippen LogP contribution in [0, 0.1) is 23.1 Å². The van der Waals surface area contributed by atoms with E-state index in [1.807, 2.05) is 0 Å². The Morgan fingerprint density at radius 3 is 2.90 bits per heavy atom. The van der Waals surface area contributed by atoms with Gasteiger partial charge < -0.3 is 4.90 Å². The van der Waals surface area contributed by atoms with Crippen molar-refractivity contribution in [3.63, 3.8) is 0 Å². The fourth-order valence-electron chi connectivity index (χ4n) is 4.64. The van der Waals surface area contributed by atoms with E-state index in [4.69, 9.17) is 5.26 Å². The molecule has 1 amide bonds. The molecular weight excluding hydrogens is 385 g/mol. The summed E-state index contributed by atoms with van der Waals surface area (Å²) >= 11 is 0. The summed E-state index contributed by atoms with van der Waals surface area (Å²) in [5.41, 5.74) is 0.898. The Morgan fingerprint density at radius 2 is 2.13 bits per heavy atom. The number of hydrazone groups is 1. The molecule has 0 unspecified atom stereocenters. The molecule has 8 nitrogen and oxygen atoms in total. The minimum Gasteiger partial charge on any atom is -0.351 e. The predicted molar refractivity (Wildman–Crippen MR) is 106 cm³/mol. The minimum absolute atomic E-state index is 0.0238. The molecule has 2 aliphatic heterocycles. The molecule has 152 valence electrons. The summed E-state index contributed by atoms with van der Waals surface area (Å²) < 4.78 is 13.6. The van der Waals surface area contributed by atoms with Crippen LogP contribution in [0.3, 0.4) is 0 Å². The van der Waals surface area contributed by atoms with Gasteiger partial charge in [0, 0.05) is 42.9 Å². The number of nitriles is 1. The van der Waals surface area contributed by atoms with Gasteiger partial charge in [0.1, 0.15) is 29.7 Å². The van der Waals surface area contributed by atoms with Gasteiger partial charge in [-0.2, -0.15) is 10.4 Å². The molecule has 9 heteroatoms. The number of hydrogen-bond acceptors (Lipinski definition) is 7. The zero-order valence-corrected chi connectivity index (χ0v) is 16.3. The quantitative estimate of drug-likeness (QED) is 0.778. The van der Waals surface area contributed by atoms with Crippen LogP contribution in [0.15, 0.2) is 36.0 Å². The third kappa shape index (κ3) is 3.18. The highest BCUT2D eigenvalue weighted by Crippen LogP contribution is 2.52. The first kappa shape index (κ1) is 18.6. The molecule has 1 saturated carbocycles. The van der Waals surface area contributed by atoms with Crippen molar-refractivity contribution < 1.29 is 9.18 Å². The normalized spacial score (nSPS) is 24.1. The van der Waals surface area contributed by atoms with Crippen LogP contribution in [0.1, 0.15) is 49.4 Å². The molecule has 0 N–H and O–H groups in total. The molecule has 3 aliphatic rings. The number of nitrogens with zero attached hydrogens (tertiary/aromatic N) is 7. The number of rotatable bonds is 3. The fourth-order valence-corrected chi connectivity index (χ4v) is 4.64. The van der Waals surface area contributed by atoms with Gasteiger partial charge in [-0.1, -0.05) is 0 Å². The second kappa shape index (κ2) is 7.13. The largest absolute Gasteiger partial charge is 0.351 e. The van der Waals surface area contributed by atoms with Crippen LogP contribution in [-0.2, 0) is 4.79 Å². The first-order chi connectivity index (χ1) is 14.6. The summed E-state index contributed by atoms with van der Waals surface area (Å²) in [4.78, 5) is 27.8. The van der Waals surface area contributed by atoms with Gasteiger partial charge in [0.2, 0.25) is 5.91 Å². The van der Waals surface area contributed by atoms with Gasteiger partial charge >= 0.3 is 0 Å². The molecule has 1 saturated heterocycles. The average Bonchev–Trinajstić information content (AvgIpc) is 3.34. The molecule has 1 spiro atoms. The van der Waals surface area contributed by atoms with Crippen LogP contribution < -0.4 is 4.90 Å². The molecule has 2 aromatic rings. The van der Waals surface area contributed by atoms with Crippen LogP contribution in [0.25, 0.3) is 0 Å². The standard InChI is InChI=1S/C21H20FN7O/c22-16-7-15(11-24-12-16)18-1-5-27-29(18)20(30)14-2-6-28(21(9-14)3-4-21)19-8-17(10-23)25-13-26-19/h5,7-8,11-14,18H,1-4,6,9H2/t14-,18+/m0/s1. The molecule has 2 aromatic heterocycles. The van der Waals surface area contributed by atoms with E-state index >= 15 is 0 Å². The molecule has 0 radical (unpaired) electrons. The van der Waals surface area contributed by atoms with E-state index in [-0.39, 0.29) is 23.4 Å². The van der Waals surface area contributed by atoms with E-state index in [1.54, 1.807) is 18.5 Å². The Morgan fingerprint density at radius 1 is 1.27 bits per heavy atom. The lowest BCUT2D eigenvalue weighted by Gasteiger charge is -2.41. The van der Waals surface area contributed by atoms with Gasteiger partial charge in [0.15, 0.2) is 0 Å². The number of hydrogen-bond donors (Lipinski definition) is 0. The summed E-state index contributed by atoms with van der Waals surface area (Å²) in [5, 5.41) is 14.9. The number of carbonyl (C=O) groups excluding carboxylic acids is 1. The van der Waals surface area contributed by atoms with E-state index < -0.39 is 5.82 Å². The van der Waals surface area contributed by atoms with Gasteiger partial charge in [0.25, 0.3) is 0 Å². The lowest BCUT2D eigenvalue weighted by Crippen LogP contribution is -2.48.